The number of sulfone groups is 1. The summed E-state index contributed by atoms with van der Waals surface area (Å²) >= 11 is 5.79. The van der Waals surface area contributed by atoms with Gasteiger partial charge in [0.2, 0.25) is 10.0 Å². The Morgan fingerprint density at radius 1 is 1.04 bits per heavy atom. The molecule has 0 bridgehead atoms. The van der Waals surface area contributed by atoms with Crippen LogP contribution in [0.5, 0.6) is 0 Å². The van der Waals surface area contributed by atoms with Crippen LogP contribution in [0.2, 0.25) is 5.02 Å². The van der Waals surface area contributed by atoms with E-state index in [0.717, 1.165) is 4.31 Å². The van der Waals surface area contributed by atoms with Crippen LogP contribution in [0.25, 0.3) is 0 Å². The van der Waals surface area contributed by atoms with E-state index in [9.17, 15) is 16.8 Å². The summed E-state index contributed by atoms with van der Waals surface area (Å²) in [5.41, 5.74) is 0.0384. The Morgan fingerprint density at radius 2 is 1.69 bits per heavy atom. The number of benzene rings is 2. The Bertz CT molecular complexity index is 1070. The fourth-order valence-corrected chi connectivity index (χ4v) is 6.46. The summed E-state index contributed by atoms with van der Waals surface area (Å²) in [6.45, 7) is -0.0629. The summed E-state index contributed by atoms with van der Waals surface area (Å²) in [4.78, 5) is 0.00983. The molecule has 0 aromatic heterocycles. The van der Waals surface area contributed by atoms with Crippen molar-refractivity contribution < 1.29 is 16.8 Å². The number of halogens is 1. The molecule has 0 spiro atoms. The van der Waals surface area contributed by atoms with E-state index < -0.39 is 25.1 Å². The van der Waals surface area contributed by atoms with E-state index in [1.54, 1.807) is 6.07 Å². The quantitative estimate of drug-likeness (QED) is 0.771. The molecule has 136 valence electrons. The van der Waals surface area contributed by atoms with Crippen LogP contribution >= 0.6 is 11.6 Å². The second-order valence-electron chi connectivity index (χ2n) is 5.88. The standard InChI is InChI=1S/C17H15ClN2O4S2/c18-14-5-7-15(8-6-14)25(21,22)16-9-10-20(12-16)26(23,24)17-4-2-1-3-13(17)11-19/h1-8,16H,9-10,12H2. The Morgan fingerprint density at radius 3 is 2.35 bits per heavy atom. The molecular weight excluding hydrogens is 396 g/mol. The molecule has 26 heavy (non-hydrogen) atoms. The molecule has 0 radical (unpaired) electrons. The van der Waals surface area contributed by atoms with Crippen molar-refractivity contribution in [2.45, 2.75) is 21.5 Å². The predicted octanol–water partition coefficient (Wildman–Crippen LogP) is 2.45. The van der Waals surface area contributed by atoms with Crippen molar-refractivity contribution in [1.82, 2.24) is 4.31 Å². The van der Waals surface area contributed by atoms with Gasteiger partial charge in [-0.2, -0.15) is 9.57 Å². The molecule has 2 aromatic rings. The van der Waals surface area contributed by atoms with Crippen LogP contribution in [0, 0.1) is 11.3 Å². The number of hydrogen-bond acceptors (Lipinski definition) is 5. The first-order valence-electron chi connectivity index (χ1n) is 7.75. The van der Waals surface area contributed by atoms with Gasteiger partial charge in [0.25, 0.3) is 0 Å². The summed E-state index contributed by atoms with van der Waals surface area (Å²) in [6, 6.07) is 13.6. The highest BCUT2D eigenvalue weighted by molar-refractivity contribution is 7.92. The Hall–Kier alpha value is -1.92. The van der Waals surface area contributed by atoms with Gasteiger partial charge in [0.05, 0.1) is 20.6 Å². The van der Waals surface area contributed by atoms with Crippen LogP contribution < -0.4 is 0 Å². The maximum absolute atomic E-state index is 12.8. The van der Waals surface area contributed by atoms with Gasteiger partial charge in [0.1, 0.15) is 6.07 Å². The molecule has 6 nitrogen and oxygen atoms in total. The van der Waals surface area contributed by atoms with Gasteiger partial charge in [0, 0.05) is 18.1 Å². The van der Waals surface area contributed by atoms with Gasteiger partial charge in [-0.05, 0) is 42.8 Å². The zero-order valence-corrected chi connectivity index (χ0v) is 15.9. The summed E-state index contributed by atoms with van der Waals surface area (Å²) in [5, 5.41) is 8.72. The van der Waals surface area contributed by atoms with Gasteiger partial charge in [-0.1, -0.05) is 23.7 Å². The minimum atomic E-state index is -3.94. The van der Waals surface area contributed by atoms with Crippen LogP contribution in [0.3, 0.4) is 0 Å². The molecule has 1 aliphatic heterocycles. The van der Waals surface area contributed by atoms with Gasteiger partial charge < -0.3 is 0 Å². The van der Waals surface area contributed by atoms with Gasteiger partial charge in [0.15, 0.2) is 9.84 Å². The summed E-state index contributed by atoms with van der Waals surface area (Å²) < 4.78 is 52.3. The predicted molar refractivity (Wildman–Crippen MR) is 97.0 cm³/mol. The molecule has 0 aliphatic carbocycles. The van der Waals surface area contributed by atoms with Crippen molar-refractivity contribution in [2.75, 3.05) is 13.1 Å². The number of nitrogens with zero attached hydrogens (tertiary/aromatic N) is 2. The van der Waals surface area contributed by atoms with E-state index in [1.165, 1.54) is 42.5 Å². The zero-order chi connectivity index (χ0) is 18.9. The average Bonchev–Trinajstić information content (AvgIpc) is 3.14. The number of sulfonamides is 1. The lowest BCUT2D eigenvalue weighted by Crippen LogP contribution is -2.32. The fraction of sp³-hybridized carbons (Fsp3) is 0.235. The lowest BCUT2D eigenvalue weighted by molar-refractivity contribution is 0.476. The normalized spacial score (nSPS) is 18.5. The van der Waals surface area contributed by atoms with Crippen molar-refractivity contribution in [3.05, 3.63) is 59.1 Å². The van der Waals surface area contributed by atoms with Crippen LogP contribution in [0.4, 0.5) is 0 Å². The molecule has 1 unspecified atom stereocenters. The van der Waals surface area contributed by atoms with Crippen LogP contribution in [0.15, 0.2) is 58.3 Å². The van der Waals surface area contributed by atoms with E-state index in [4.69, 9.17) is 16.9 Å². The second kappa shape index (κ2) is 7.00. The van der Waals surface area contributed by atoms with Gasteiger partial charge >= 0.3 is 0 Å². The molecule has 2 aromatic carbocycles. The average molecular weight is 411 g/mol. The molecule has 0 N–H and O–H groups in total. The van der Waals surface area contributed by atoms with Crippen molar-refractivity contribution in [3.63, 3.8) is 0 Å². The van der Waals surface area contributed by atoms with Gasteiger partial charge in [-0.15, -0.1) is 0 Å². The molecule has 1 atom stereocenters. The lowest BCUT2D eigenvalue weighted by Gasteiger charge is -2.17. The molecule has 3 rings (SSSR count). The largest absolute Gasteiger partial charge is 0.244 e. The Labute approximate surface area is 157 Å². The van der Waals surface area contributed by atoms with E-state index in [1.807, 2.05) is 6.07 Å². The highest BCUT2D eigenvalue weighted by Gasteiger charge is 2.40. The Balaban J connectivity index is 1.88. The minimum absolute atomic E-state index is 0.0384. The van der Waals surface area contributed by atoms with Crippen LogP contribution in [-0.4, -0.2) is 39.5 Å². The molecule has 1 fully saturated rings. The van der Waals surface area contributed by atoms with Crippen molar-refractivity contribution in [3.8, 4) is 6.07 Å². The third kappa shape index (κ3) is 3.35. The minimum Gasteiger partial charge on any atom is -0.223 e. The van der Waals surface area contributed by atoms with Crippen LogP contribution in [-0.2, 0) is 19.9 Å². The van der Waals surface area contributed by atoms with Crippen molar-refractivity contribution in [1.29, 1.82) is 5.26 Å². The molecule has 1 saturated heterocycles. The molecule has 1 heterocycles. The maximum atomic E-state index is 12.8. The monoisotopic (exact) mass is 410 g/mol. The first kappa shape index (κ1) is 18.9. The van der Waals surface area contributed by atoms with Crippen LogP contribution in [0.1, 0.15) is 12.0 Å². The van der Waals surface area contributed by atoms with Crippen molar-refractivity contribution >= 4 is 31.5 Å². The fourth-order valence-electron chi connectivity index (χ4n) is 2.91. The van der Waals surface area contributed by atoms with E-state index >= 15 is 0 Å². The first-order chi connectivity index (χ1) is 12.3. The van der Waals surface area contributed by atoms with Crippen molar-refractivity contribution in [2.24, 2.45) is 0 Å². The Kier molecular flexibility index (Phi) is 5.08. The van der Waals surface area contributed by atoms with E-state index in [0.29, 0.717) is 5.02 Å². The molecule has 9 heteroatoms. The molecule has 0 amide bonds. The number of nitriles is 1. The smallest absolute Gasteiger partial charge is 0.223 e. The van der Waals surface area contributed by atoms with E-state index in [2.05, 4.69) is 0 Å². The number of rotatable bonds is 4. The molecule has 1 aliphatic rings. The highest BCUT2D eigenvalue weighted by Crippen LogP contribution is 2.29. The van der Waals surface area contributed by atoms with Gasteiger partial charge in [-0.3, -0.25) is 0 Å². The third-order valence-corrected chi connectivity index (χ3v) is 8.68. The topological polar surface area (TPSA) is 95.3 Å². The zero-order valence-electron chi connectivity index (χ0n) is 13.5. The first-order valence-corrected chi connectivity index (χ1v) is 11.1. The lowest BCUT2D eigenvalue weighted by atomic mass is 10.2. The summed E-state index contributed by atoms with van der Waals surface area (Å²) in [6.07, 6.45) is 0.193. The SMILES string of the molecule is N#Cc1ccccc1S(=O)(=O)N1CCC(S(=O)(=O)c2ccc(Cl)cc2)C1. The molecular formula is C17H15ClN2O4S2. The summed E-state index contributed by atoms with van der Waals surface area (Å²) in [7, 11) is -7.61. The number of hydrogen-bond donors (Lipinski definition) is 0. The van der Waals surface area contributed by atoms with Gasteiger partial charge in [-0.25, -0.2) is 16.8 Å². The summed E-state index contributed by atoms with van der Waals surface area (Å²) in [5.74, 6) is 0. The third-order valence-electron chi connectivity index (χ3n) is 4.31. The highest BCUT2D eigenvalue weighted by atomic mass is 35.5. The maximum Gasteiger partial charge on any atom is 0.244 e. The molecule has 0 saturated carbocycles. The second-order valence-corrected chi connectivity index (χ2v) is 10.5. The van der Waals surface area contributed by atoms with E-state index in [-0.39, 0.29) is 34.9 Å².